The normalized spacial score (nSPS) is 13.7. The molecule has 3 aromatic rings. The molecule has 0 saturated carbocycles. The number of para-hydroxylation sites is 1. The number of piperidine rings is 1. The SMILES string of the molecule is COc1ccc(ON(c2ccccc2)S(=O)(=O)c2ccc(C(=O)NCCCCC3CCNCC3)cc2)c(Cl)c1.Cl. The molecular weight excluding hydrogens is 573 g/mol. The lowest BCUT2D eigenvalue weighted by Gasteiger charge is -2.24. The fraction of sp³-hybridized carbons (Fsp3) is 0.345. The summed E-state index contributed by atoms with van der Waals surface area (Å²) in [6, 6.07) is 18.9. The van der Waals surface area contributed by atoms with E-state index in [1.54, 1.807) is 36.4 Å². The number of benzene rings is 3. The van der Waals surface area contributed by atoms with E-state index in [4.69, 9.17) is 21.2 Å². The number of carbonyl (C=O) groups excluding carboxylic acids is 1. The monoisotopic (exact) mass is 607 g/mol. The van der Waals surface area contributed by atoms with Crippen molar-refractivity contribution in [2.75, 3.05) is 31.2 Å². The van der Waals surface area contributed by atoms with Crippen LogP contribution in [0.15, 0.2) is 77.7 Å². The zero-order chi connectivity index (χ0) is 27.7. The number of hydrogen-bond donors (Lipinski definition) is 2. The summed E-state index contributed by atoms with van der Waals surface area (Å²) in [6.07, 6.45) is 5.63. The molecule has 2 N–H and O–H groups in total. The Bertz CT molecular complexity index is 1340. The van der Waals surface area contributed by atoms with Crippen LogP contribution in [0.2, 0.25) is 5.02 Å². The average Bonchev–Trinajstić information content (AvgIpc) is 2.97. The number of sulfonamides is 1. The Labute approximate surface area is 247 Å². The first-order valence-electron chi connectivity index (χ1n) is 13.1. The van der Waals surface area contributed by atoms with Crippen LogP contribution in [0.4, 0.5) is 5.69 Å². The lowest BCUT2D eigenvalue weighted by molar-refractivity contribution is 0.0952. The number of carbonyl (C=O) groups is 1. The minimum absolute atomic E-state index is 0. The van der Waals surface area contributed by atoms with E-state index in [9.17, 15) is 13.2 Å². The summed E-state index contributed by atoms with van der Waals surface area (Å²) < 4.78 is 33.3. The van der Waals surface area contributed by atoms with Crippen molar-refractivity contribution < 1.29 is 22.8 Å². The van der Waals surface area contributed by atoms with E-state index < -0.39 is 10.0 Å². The van der Waals surface area contributed by atoms with Crippen molar-refractivity contribution >= 4 is 45.6 Å². The van der Waals surface area contributed by atoms with Gasteiger partial charge in [-0.15, -0.1) is 12.4 Å². The van der Waals surface area contributed by atoms with Gasteiger partial charge in [-0.05, 0) is 86.8 Å². The molecule has 40 heavy (non-hydrogen) atoms. The Balaban J connectivity index is 0.00000441. The van der Waals surface area contributed by atoms with Gasteiger partial charge in [-0.1, -0.05) is 47.1 Å². The molecular formula is C29H35Cl2N3O5S. The summed E-state index contributed by atoms with van der Waals surface area (Å²) in [6.45, 7) is 2.78. The molecule has 216 valence electrons. The average molecular weight is 609 g/mol. The molecule has 1 aliphatic heterocycles. The van der Waals surface area contributed by atoms with Gasteiger partial charge in [0.25, 0.3) is 15.9 Å². The molecule has 3 aromatic carbocycles. The third-order valence-electron chi connectivity index (χ3n) is 6.70. The summed E-state index contributed by atoms with van der Waals surface area (Å²) in [5.74, 6) is 1.19. The number of unbranched alkanes of at least 4 members (excludes halogenated alkanes) is 1. The summed E-state index contributed by atoms with van der Waals surface area (Å²) in [5.41, 5.74) is 0.674. The van der Waals surface area contributed by atoms with Gasteiger partial charge >= 0.3 is 0 Å². The maximum Gasteiger partial charge on any atom is 0.295 e. The summed E-state index contributed by atoms with van der Waals surface area (Å²) in [7, 11) is -2.67. The van der Waals surface area contributed by atoms with Gasteiger partial charge in [0.2, 0.25) is 0 Å². The van der Waals surface area contributed by atoms with Crippen molar-refractivity contribution in [3.05, 3.63) is 83.4 Å². The number of halogens is 2. The molecule has 1 heterocycles. The Morgan fingerprint density at radius 2 is 1.73 bits per heavy atom. The quantitative estimate of drug-likeness (QED) is 0.198. The number of nitrogens with one attached hydrogen (secondary N) is 2. The van der Waals surface area contributed by atoms with Crippen molar-refractivity contribution in [1.29, 1.82) is 0 Å². The molecule has 0 radical (unpaired) electrons. The lowest BCUT2D eigenvalue weighted by Crippen LogP contribution is -2.34. The largest absolute Gasteiger partial charge is 0.497 e. The lowest BCUT2D eigenvalue weighted by atomic mass is 9.92. The molecule has 4 rings (SSSR count). The van der Waals surface area contributed by atoms with Crippen LogP contribution in [0.1, 0.15) is 42.5 Å². The summed E-state index contributed by atoms with van der Waals surface area (Å²) in [4.78, 5) is 18.4. The highest BCUT2D eigenvalue weighted by atomic mass is 35.5. The summed E-state index contributed by atoms with van der Waals surface area (Å²) >= 11 is 6.32. The fourth-order valence-corrected chi connectivity index (χ4v) is 5.92. The van der Waals surface area contributed by atoms with E-state index in [1.807, 2.05) is 0 Å². The van der Waals surface area contributed by atoms with E-state index in [0.717, 1.165) is 36.3 Å². The van der Waals surface area contributed by atoms with Gasteiger partial charge < -0.3 is 20.2 Å². The van der Waals surface area contributed by atoms with Crippen LogP contribution in [0.3, 0.4) is 0 Å². The van der Waals surface area contributed by atoms with Crippen molar-refractivity contribution in [3.8, 4) is 11.5 Å². The van der Waals surface area contributed by atoms with Gasteiger partial charge in [-0.2, -0.15) is 8.42 Å². The van der Waals surface area contributed by atoms with Gasteiger partial charge in [0.15, 0.2) is 5.75 Å². The smallest absolute Gasteiger partial charge is 0.295 e. The first-order valence-corrected chi connectivity index (χ1v) is 14.9. The highest BCUT2D eigenvalue weighted by Crippen LogP contribution is 2.33. The van der Waals surface area contributed by atoms with Crippen LogP contribution in [0.5, 0.6) is 11.5 Å². The third kappa shape index (κ3) is 8.27. The number of methoxy groups -OCH3 is 1. The molecule has 1 amide bonds. The Morgan fingerprint density at radius 1 is 1.02 bits per heavy atom. The molecule has 11 heteroatoms. The second kappa shape index (κ2) is 15.1. The highest BCUT2D eigenvalue weighted by molar-refractivity contribution is 7.92. The molecule has 0 spiro atoms. The molecule has 1 aliphatic rings. The zero-order valence-corrected chi connectivity index (χ0v) is 24.7. The highest BCUT2D eigenvalue weighted by Gasteiger charge is 2.28. The van der Waals surface area contributed by atoms with Crippen molar-refractivity contribution in [3.63, 3.8) is 0 Å². The second-order valence-electron chi connectivity index (χ2n) is 9.42. The molecule has 8 nitrogen and oxygen atoms in total. The topological polar surface area (TPSA) is 97.0 Å². The standard InChI is InChI=1S/C29H34ClN3O5S.ClH/c1-37-25-12-15-28(27(30)21-25)38-33(24-8-3-2-4-9-24)39(35,36)26-13-10-23(11-14-26)29(34)32-18-6-5-7-22-16-19-31-20-17-22;/h2-4,8-15,21-22,31H,5-7,16-20H2,1H3,(H,32,34);1H. The van der Waals surface area contributed by atoms with Crippen LogP contribution < -0.4 is 24.7 Å². The third-order valence-corrected chi connectivity index (χ3v) is 8.59. The molecule has 1 saturated heterocycles. The van der Waals surface area contributed by atoms with E-state index in [0.29, 0.717) is 17.9 Å². The number of rotatable bonds is 12. The van der Waals surface area contributed by atoms with Crippen molar-refractivity contribution in [2.45, 2.75) is 37.0 Å². The van der Waals surface area contributed by atoms with Crippen molar-refractivity contribution in [1.82, 2.24) is 10.6 Å². The predicted molar refractivity (Wildman–Crippen MR) is 160 cm³/mol. The Morgan fingerprint density at radius 3 is 2.38 bits per heavy atom. The number of amides is 1. The fourth-order valence-electron chi connectivity index (χ4n) is 4.47. The zero-order valence-electron chi connectivity index (χ0n) is 22.3. The van der Waals surface area contributed by atoms with Crippen LogP contribution in [0, 0.1) is 5.92 Å². The Hall–Kier alpha value is -2.98. The molecule has 1 fully saturated rings. The van der Waals surface area contributed by atoms with Gasteiger partial charge in [-0.25, -0.2) is 0 Å². The minimum Gasteiger partial charge on any atom is -0.497 e. The molecule has 0 bridgehead atoms. The Kier molecular flexibility index (Phi) is 11.9. The summed E-state index contributed by atoms with van der Waals surface area (Å²) in [5, 5.41) is 6.50. The molecule has 0 unspecified atom stereocenters. The molecule has 0 aromatic heterocycles. The number of hydrogen-bond acceptors (Lipinski definition) is 6. The first-order chi connectivity index (χ1) is 18.9. The van der Waals surface area contributed by atoms with E-state index in [1.165, 1.54) is 62.8 Å². The minimum atomic E-state index is -4.18. The maximum atomic E-state index is 13.7. The molecule has 0 atom stereocenters. The van der Waals surface area contributed by atoms with Crippen LogP contribution in [-0.2, 0) is 10.0 Å². The number of nitrogens with zero attached hydrogens (tertiary/aromatic N) is 1. The van der Waals surface area contributed by atoms with Gasteiger partial charge in [-0.3, -0.25) is 4.79 Å². The van der Waals surface area contributed by atoms with E-state index >= 15 is 0 Å². The second-order valence-corrected chi connectivity index (χ2v) is 11.6. The van der Waals surface area contributed by atoms with Gasteiger partial charge in [0, 0.05) is 18.2 Å². The first kappa shape index (κ1) is 31.5. The maximum absolute atomic E-state index is 13.7. The molecule has 0 aliphatic carbocycles. The number of anilines is 1. The van der Waals surface area contributed by atoms with Crippen LogP contribution >= 0.6 is 24.0 Å². The van der Waals surface area contributed by atoms with E-state index in [-0.39, 0.29) is 39.7 Å². The van der Waals surface area contributed by atoms with Gasteiger partial charge in [0.1, 0.15) is 5.75 Å². The number of ether oxygens (including phenoxy) is 1. The van der Waals surface area contributed by atoms with Crippen molar-refractivity contribution in [2.24, 2.45) is 5.92 Å². The van der Waals surface area contributed by atoms with Crippen LogP contribution in [-0.4, -0.2) is 41.1 Å². The predicted octanol–water partition coefficient (Wildman–Crippen LogP) is 5.86. The van der Waals surface area contributed by atoms with Gasteiger partial charge in [0.05, 0.1) is 22.7 Å². The van der Waals surface area contributed by atoms with E-state index in [2.05, 4.69) is 10.6 Å². The van der Waals surface area contributed by atoms with Crippen LogP contribution in [0.25, 0.3) is 0 Å².